The molecule has 0 atom stereocenters. The molecule has 0 radical (unpaired) electrons. The van der Waals surface area contributed by atoms with Crippen molar-refractivity contribution in [1.82, 2.24) is 9.97 Å². The van der Waals surface area contributed by atoms with Gasteiger partial charge in [0.2, 0.25) is 0 Å². The smallest absolute Gasteiger partial charge is 0.305 e. The number of hydrogen-bond acceptors (Lipinski definition) is 4. The standard InChI is InChI=1S/C11H16FN3O2/c1-4-7-9(12)10(14-6-13-7)15-11(2,3)5-8(16)17/h6H,4-5H2,1-3H3,(H,16,17)(H,13,14,15). The molecule has 17 heavy (non-hydrogen) atoms. The lowest BCUT2D eigenvalue weighted by molar-refractivity contribution is -0.137. The van der Waals surface area contributed by atoms with E-state index in [1.54, 1.807) is 20.8 Å². The van der Waals surface area contributed by atoms with Gasteiger partial charge in [-0.3, -0.25) is 4.79 Å². The Morgan fingerprint density at radius 2 is 2.18 bits per heavy atom. The monoisotopic (exact) mass is 241 g/mol. The predicted octanol–water partition coefficient (Wildman–Crippen LogP) is 1.84. The van der Waals surface area contributed by atoms with Gasteiger partial charge in [0, 0.05) is 5.54 Å². The molecule has 0 bridgehead atoms. The van der Waals surface area contributed by atoms with Crippen LogP contribution in [0.1, 0.15) is 32.9 Å². The maximum atomic E-state index is 13.8. The summed E-state index contributed by atoms with van der Waals surface area (Å²) in [6.45, 7) is 5.14. The lowest BCUT2D eigenvalue weighted by Gasteiger charge is -2.25. The summed E-state index contributed by atoms with van der Waals surface area (Å²) in [4.78, 5) is 18.2. The molecule has 0 aliphatic carbocycles. The van der Waals surface area contributed by atoms with E-state index in [1.165, 1.54) is 6.33 Å². The second kappa shape index (κ2) is 5.07. The van der Waals surface area contributed by atoms with Crippen molar-refractivity contribution in [2.24, 2.45) is 0 Å². The largest absolute Gasteiger partial charge is 0.481 e. The van der Waals surface area contributed by atoms with Crippen LogP contribution in [0.5, 0.6) is 0 Å². The van der Waals surface area contributed by atoms with Gasteiger partial charge in [0.25, 0.3) is 0 Å². The summed E-state index contributed by atoms with van der Waals surface area (Å²) >= 11 is 0. The van der Waals surface area contributed by atoms with Crippen LogP contribution in [0.25, 0.3) is 0 Å². The highest BCUT2D eigenvalue weighted by Gasteiger charge is 2.24. The fraction of sp³-hybridized carbons (Fsp3) is 0.545. The van der Waals surface area contributed by atoms with Gasteiger partial charge < -0.3 is 10.4 Å². The van der Waals surface area contributed by atoms with E-state index in [1.807, 2.05) is 0 Å². The van der Waals surface area contributed by atoms with Crippen molar-refractivity contribution in [2.45, 2.75) is 39.2 Å². The number of carbonyl (C=O) groups is 1. The third kappa shape index (κ3) is 3.65. The summed E-state index contributed by atoms with van der Waals surface area (Å²) in [6.07, 6.45) is 1.60. The average Bonchev–Trinajstić information content (AvgIpc) is 2.19. The molecule has 2 N–H and O–H groups in total. The zero-order valence-corrected chi connectivity index (χ0v) is 10.1. The highest BCUT2D eigenvalue weighted by molar-refractivity contribution is 5.69. The van der Waals surface area contributed by atoms with Crippen LogP contribution in [-0.4, -0.2) is 26.6 Å². The number of aryl methyl sites for hydroxylation is 1. The quantitative estimate of drug-likeness (QED) is 0.822. The highest BCUT2D eigenvalue weighted by atomic mass is 19.1. The number of rotatable bonds is 5. The van der Waals surface area contributed by atoms with E-state index >= 15 is 0 Å². The lowest BCUT2D eigenvalue weighted by atomic mass is 10.0. The Bertz CT molecular complexity index is 421. The third-order valence-corrected chi connectivity index (χ3v) is 2.25. The minimum Gasteiger partial charge on any atom is -0.481 e. The average molecular weight is 241 g/mol. The first kappa shape index (κ1) is 13.3. The molecule has 0 saturated heterocycles. The van der Waals surface area contributed by atoms with Gasteiger partial charge in [-0.15, -0.1) is 0 Å². The fourth-order valence-corrected chi connectivity index (χ4v) is 1.48. The molecule has 0 unspecified atom stereocenters. The summed E-state index contributed by atoms with van der Waals surface area (Å²) in [5, 5.41) is 11.5. The maximum absolute atomic E-state index is 13.8. The third-order valence-electron chi connectivity index (χ3n) is 2.25. The summed E-state index contributed by atoms with van der Waals surface area (Å²) in [5.41, 5.74) is -0.458. The van der Waals surface area contributed by atoms with Gasteiger partial charge >= 0.3 is 5.97 Å². The predicted molar refractivity (Wildman–Crippen MR) is 61.3 cm³/mol. The van der Waals surface area contributed by atoms with Crippen molar-refractivity contribution in [3.8, 4) is 0 Å². The van der Waals surface area contributed by atoms with Gasteiger partial charge in [0.1, 0.15) is 6.33 Å². The van der Waals surface area contributed by atoms with Crippen molar-refractivity contribution < 1.29 is 14.3 Å². The molecule has 0 fully saturated rings. The van der Waals surface area contributed by atoms with E-state index in [0.29, 0.717) is 12.1 Å². The molecule has 0 spiro atoms. The van der Waals surface area contributed by atoms with Gasteiger partial charge in [-0.25, -0.2) is 14.4 Å². The summed E-state index contributed by atoms with van der Waals surface area (Å²) in [6, 6.07) is 0. The molecule has 1 heterocycles. The minimum absolute atomic E-state index is 0.0445. The van der Waals surface area contributed by atoms with Crippen LogP contribution in [0.4, 0.5) is 10.2 Å². The zero-order valence-electron chi connectivity index (χ0n) is 10.1. The Morgan fingerprint density at radius 1 is 1.53 bits per heavy atom. The minimum atomic E-state index is -0.951. The SMILES string of the molecule is CCc1ncnc(NC(C)(C)CC(=O)O)c1F. The second-order valence-corrected chi connectivity index (χ2v) is 4.42. The topological polar surface area (TPSA) is 75.1 Å². The van der Waals surface area contributed by atoms with Crippen molar-refractivity contribution in [1.29, 1.82) is 0 Å². The van der Waals surface area contributed by atoms with Crippen LogP contribution >= 0.6 is 0 Å². The molecule has 0 aromatic carbocycles. The molecular weight excluding hydrogens is 225 g/mol. The van der Waals surface area contributed by atoms with Crippen LogP contribution < -0.4 is 5.32 Å². The van der Waals surface area contributed by atoms with E-state index < -0.39 is 17.3 Å². The number of anilines is 1. The van der Waals surface area contributed by atoms with Crippen LogP contribution in [0, 0.1) is 5.82 Å². The van der Waals surface area contributed by atoms with E-state index in [2.05, 4.69) is 15.3 Å². The highest BCUT2D eigenvalue weighted by Crippen LogP contribution is 2.20. The van der Waals surface area contributed by atoms with Gasteiger partial charge in [-0.05, 0) is 20.3 Å². The van der Waals surface area contributed by atoms with Crippen molar-refractivity contribution in [2.75, 3.05) is 5.32 Å². The number of carboxylic acids is 1. The molecule has 1 rings (SSSR count). The van der Waals surface area contributed by atoms with Crippen LogP contribution in [0.2, 0.25) is 0 Å². The number of nitrogens with zero attached hydrogens (tertiary/aromatic N) is 2. The Kier molecular flexibility index (Phi) is 3.98. The number of halogens is 1. The normalized spacial score (nSPS) is 11.3. The van der Waals surface area contributed by atoms with Crippen molar-refractivity contribution in [3.05, 3.63) is 17.8 Å². The lowest BCUT2D eigenvalue weighted by Crippen LogP contribution is -2.34. The Morgan fingerprint density at radius 3 is 2.71 bits per heavy atom. The van der Waals surface area contributed by atoms with E-state index in [0.717, 1.165) is 0 Å². The number of nitrogens with one attached hydrogen (secondary N) is 1. The number of aromatic nitrogens is 2. The first-order valence-electron chi connectivity index (χ1n) is 5.35. The molecule has 94 valence electrons. The number of hydrogen-bond donors (Lipinski definition) is 2. The molecule has 0 amide bonds. The molecule has 0 saturated carbocycles. The maximum Gasteiger partial charge on any atom is 0.305 e. The molecular formula is C11H16FN3O2. The molecule has 6 heteroatoms. The van der Waals surface area contributed by atoms with Gasteiger partial charge in [0.05, 0.1) is 12.1 Å². The second-order valence-electron chi connectivity index (χ2n) is 4.42. The van der Waals surface area contributed by atoms with E-state index in [-0.39, 0.29) is 12.2 Å². The molecule has 1 aromatic rings. The van der Waals surface area contributed by atoms with Crippen LogP contribution in [0.15, 0.2) is 6.33 Å². The first-order valence-corrected chi connectivity index (χ1v) is 5.35. The van der Waals surface area contributed by atoms with Crippen LogP contribution in [0.3, 0.4) is 0 Å². The molecule has 0 aliphatic heterocycles. The first-order chi connectivity index (χ1) is 7.85. The molecule has 1 aromatic heterocycles. The Hall–Kier alpha value is -1.72. The van der Waals surface area contributed by atoms with E-state index in [4.69, 9.17) is 5.11 Å². The van der Waals surface area contributed by atoms with Gasteiger partial charge in [-0.2, -0.15) is 0 Å². The van der Waals surface area contributed by atoms with Crippen LogP contribution in [-0.2, 0) is 11.2 Å². The summed E-state index contributed by atoms with van der Waals surface area (Å²) in [7, 11) is 0. The van der Waals surface area contributed by atoms with E-state index in [9.17, 15) is 9.18 Å². The number of aliphatic carboxylic acids is 1. The molecule has 5 nitrogen and oxygen atoms in total. The summed E-state index contributed by atoms with van der Waals surface area (Å²) in [5.74, 6) is -1.43. The van der Waals surface area contributed by atoms with Gasteiger partial charge in [0.15, 0.2) is 11.6 Å². The van der Waals surface area contributed by atoms with Gasteiger partial charge in [-0.1, -0.05) is 6.92 Å². The van der Waals surface area contributed by atoms with Crippen molar-refractivity contribution in [3.63, 3.8) is 0 Å². The Balaban J connectivity index is 2.91. The fourth-order valence-electron chi connectivity index (χ4n) is 1.48. The summed E-state index contributed by atoms with van der Waals surface area (Å²) < 4.78 is 13.8. The van der Waals surface area contributed by atoms with Crippen molar-refractivity contribution >= 4 is 11.8 Å². The molecule has 0 aliphatic rings. The zero-order chi connectivity index (χ0) is 13.1. The number of carboxylic acid groups (broad SMARTS) is 1. The Labute approximate surface area is 99.1 Å².